The van der Waals surface area contributed by atoms with Crippen LogP contribution in [0, 0.1) is 0 Å². The van der Waals surface area contributed by atoms with Crippen LogP contribution in [0.25, 0.3) is 0 Å². The van der Waals surface area contributed by atoms with Gasteiger partial charge in [0, 0.05) is 16.9 Å². The molecule has 1 unspecified atom stereocenters. The zero-order valence-corrected chi connectivity index (χ0v) is 10.7. The monoisotopic (exact) mass is 276 g/mol. The van der Waals surface area contributed by atoms with Gasteiger partial charge < -0.3 is 5.32 Å². The van der Waals surface area contributed by atoms with Crippen LogP contribution in [0.4, 0.5) is 11.4 Å². The smallest absolute Gasteiger partial charge is 0.259 e. The summed E-state index contributed by atoms with van der Waals surface area (Å²) in [7, 11) is 0. The maximum atomic E-state index is 11.9. The van der Waals surface area contributed by atoms with Crippen molar-refractivity contribution in [2.24, 2.45) is 0 Å². The largest absolute Gasteiger partial charge is 0.322 e. The average Bonchev–Trinajstić information content (AvgIpc) is 2.41. The van der Waals surface area contributed by atoms with Crippen molar-refractivity contribution in [3.05, 3.63) is 60.2 Å². The second kappa shape index (κ2) is 6.12. The van der Waals surface area contributed by atoms with Crippen LogP contribution < -0.4 is 10.0 Å². The van der Waals surface area contributed by atoms with Gasteiger partial charge in [-0.15, -0.1) is 0 Å². The third kappa shape index (κ3) is 3.90. The molecular formula is C13H12N2O3S. The van der Waals surface area contributed by atoms with E-state index in [2.05, 4.69) is 10.0 Å². The number of amides is 1. The van der Waals surface area contributed by atoms with Crippen molar-refractivity contribution in [2.75, 3.05) is 10.0 Å². The SMILES string of the molecule is O=C(Nc1ccc(NS(=O)O)cc1)c1ccccc1. The number of benzene rings is 2. The Morgan fingerprint density at radius 2 is 1.53 bits per heavy atom. The summed E-state index contributed by atoms with van der Waals surface area (Å²) in [6.45, 7) is 0. The van der Waals surface area contributed by atoms with Crippen LogP contribution in [-0.2, 0) is 11.3 Å². The average molecular weight is 276 g/mol. The second-order valence-corrected chi connectivity index (χ2v) is 4.45. The first kappa shape index (κ1) is 13.3. The molecule has 0 aliphatic heterocycles. The molecule has 0 bridgehead atoms. The zero-order valence-electron chi connectivity index (χ0n) is 9.87. The Labute approximate surface area is 113 Å². The van der Waals surface area contributed by atoms with Gasteiger partial charge in [0.05, 0.1) is 0 Å². The van der Waals surface area contributed by atoms with Crippen molar-refractivity contribution in [3.8, 4) is 0 Å². The van der Waals surface area contributed by atoms with Gasteiger partial charge in [0.25, 0.3) is 17.2 Å². The summed E-state index contributed by atoms with van der Waals surface area (Å²) in [4.78, 5) is 11.9. The molecule has 5 nitrogen and oxygen atoms in total. The van der Waals surface area contributed by atoms with E-state index in [1.807, 2.05) is 6.07 Å². The minimum Gasteiger partial charge on any atom is -0.322 e. The number of carbonyl (C=O) groups is 1. The molecule has 2 rings (SSSR count). The molecule has 1 atom stereocenters. The maximum absolute atomic E-state index is 11.9. The van der Waals surface area contributed by atoms with Gasteiger partial charge in [-0.3, -0.25) is 14.1 Å². The first-order chi connectivity index (χ1) is 9.15. The van der Waals surface area contributed by atoms with E-state index < -0.39 is 11.3 Å². The lowest BCUT2D eigenvalue weighted by Crippen LogP contribution is -2.11. The Kier molecular flexibility index (Phi) is 4.27. The van der Waals surface area contributed by atoms with Crippen LogP contribution in [0.5, 0.6) is 0 Å². The third-order valence-corrected chi connectivity index (χ3v) is 2.79. The molecular weight excluding hydrogens is 264 g/mol. The Bertz CT molecular complexity index is 585. The van der Waals surface area contributed by atoms with Gasteiger partial charge in [-0.2, -0.15) is 0 Å². The van der Waals surface area contributed by atoms with E-state index >= 15 is 0 Å². The highest BCUT2D eigenvalue weighted by Gasteiger charge is 2.04. The van der Waals surface area contributed by atoms with Crippen LogP contribution in [0.2, 0.25) is 0 Å². The summed E-state index contributed by atoms with van der Waals surface area (Å²) in [6, 6.07) is 15.4. The van der Waals surface area contributed by atoms with Gasteiger partial charge in [-0.25, -0.2) is 4.21 Å². The molecule has 6 heteroatoms. The van der Waals surface area contributed by atoms with Gasteiger partial charge in [0.1, 0.15) is 0 Å². The molecule has 2 aromatic rings. The summed E-state index contributed by atoms with van der Waals surface area (Å²) < 4.78 is 21.5. The number of carbonyl (C=O) groups excluding carboxylic acids is 1. The van der Waals surface area contributed by atoms with Gasteiger partial charge in [0.2, 0.25) is 0 Å². The highest BCUT2D eigenvalue weighted by atomic mass is 32.2. The lowest BCUT2D eigenvalue weighted by molar-refractivity contribution is 0.102. The quantitative estimate of drug-likeness (QED) is 0.751. The molecule has 1 amide bonds. The molecule has 0 aliphatic carbocycles. The lowest BCUT2D eigenvalue weighted by atomic mass is 10.2. The topological polar surface area (TPSA) is 78.4 Å². The summed E-state index contributed by atoms with van der Waals surface area (Å²) in [5, 5.41) is 2.73. The molecule has 2 aromatic carbocycles. The summed E-state index contributed by atoms with van der Waals surface area (Å²) >= 11 is -2.10. The van der Waals surface area contributed by atoms with Crippen LogP contribution >= 0.6 is 0 Å². The van der Waals surface area contributed by atoms with Crippen molar-refractivity contribution in [2.45, 2.75) is 0 Å². The van der Waals surface area contributed by atoms with Crippen molar-refractivity contribution in [3.63, 3.8) is 0 Å². The Morgan fingerprint density at radius 1 is 0.947 bits per heavy atom. The molecule has 0 radical (unpaired) electrons. The maximum Gasteiger partial charge on any atom is 0.259 e. The van der Waals surface area contributed by atoms with Crippen LogP contribution in [-0.4, -0.2) is 14.7 Å². The number of nitrogens with one attached hydrogen (secondary N) is 2. The highest BCUT2D eigenvalue weighted by Crippen LogP contribution is 2.14. The van der Waals surface area contributed by atoms with Gasteiger partial charge in [-0.05, 0) is 36.4 Å². The fraction of sp³-hybridized carbons (Fsp3) is 0. The molecule has 0 saturated carbocycles. The van der Waals surface area contributed by atoms with Gasteiger partial charge in [-0.1, -0.05) is 18.2 Å². The zero-order chi connectivity index (χ0) is 13.7. The molecule has 0 aromatic heterocycles. The van der Waals surface area contributed by atoms with Gasteiger partial charge >= 0.3 is 0 Å². The van der Waals surface area contributed by atoms with Crippen molar-refractivity contribution < 1.29 is 13.6 Å². The van der Waals surface area contributed by atoms with Crippen molar-refractivity contribution in [1.82, 2.24) is 0 Å². The van der Waals surface area contributed by atoms with Crippen LogP contribution in [0.3, 0.4) is 0 Å². The van der Waals surface area contributed by atoms with E-state index in [1.54, 1.807) is 48.5 Å². The molecule has 0 aliphatic rings. The molecule has 98 valence electrons. The molecule has 19 heavy (non-hydrogen) atoms. The Balaban J connectivity index is 2.04. The van der Waals surface area contributed by atoms with E-state index in [-0.39, 0.29) is 5.91 Å². The van der Waals surface area contributed by atoms with Crippen LogP contribution in [0.1, 0.15) is 10.4 Å². The fourth-order valence-electron chi connectivity index (χ4n) is 1.52. The Morgan fingerprint density at radius 3 is 2.11 bits per heavy atom. The summed E-state index contributed by atoms with van der Waals surface area (Å²) in [5.74, 6) is -0.202. The van der Waals surface area contributed by atoms with E-state index in [1.165, 1.54) is 0 Å². The number of hydrogen-bond donors (Lipinski definition) is 3. The van der Waals surface area contributed by atoms with E-state index in [0.717, 1.165) is 0 Å². The molecule has 0 saturated heterocycles. The third-order valence-electron chi connectivity index (χ3n) is 2.38. The predicted molar refractivity (Wildman–Crippen MR) is 75.2 cm³/mol. The standard InChI is InChI=1S/C13H12N2O3S/c16-13(10-4-2-1-3-5-10)14-11-6-8-12(9-7-11)15-19(17)18/h1-9,15H,(H,14,16)(H,17,18). The van der Waals surface area contributed by atoms with E-state index in [9.17, 15) is 9.00 Å². The normalized spacial score (nSPS) is 11.6. The second-order valence-electron chi connectivity index (χ2n) is 3.75. The van der Waals surface area contributed by atoms with E-state index in [4.69, 9.17) is 4.55 Å². The predicted octanol–water partition coefficient (Wildman–Crippen LogP) is 2.49. The Hall–Kier alpha value is -2.18. The highest BCUT2D eigenvalue weighted by molar-refractivity contribution is 7.80. The molecule has 3 N–H and O–H groups in total. The molecule has 0 fully saturated rings. The van der Waals surface area contributed by atoms with Gasteiger partial charge in [0.15, 0.2) is 0 Å². The number of rotatable bonds is 4. The van der Waals surface area contributed by atoms with E-state index in [0.29, 0.717) is 16.9 Å². The fourth-order valence-corrected chi connectivity index (χ4v) is 1.85. The number of anilines is 2. The first-order valence-corrected chi connectivity index (χ1v) is 6.60. The van der Waals surface area contributed by atoms with Crippen molar-refractivity contribution >= 4 is 28.5 Å². The molecule has 0 heterocycles. The first-order valence-electron chi connectivity index (χ1n) is 5.49. The van der Waals surface area contributed by atoms with Crippen molar-refractivity contribution in [1.29, 1.82) is 0 Å². The lowest BCUT2D eigenvalue weighted by Gasteiger charge is -2.06. The van der Waals surface area contributed by atoms with Crippen LogP contribution in [0.15, 0.2) is 54.6 Å². The molecule has 0 spiro atoms. The minimum absolute atomic E-state index is 0.202. The number of hydrogen-bond acceptors (Lipinski definition) is 2. The summed E-state index contributed by atoms with van der Waals surface area (Å²) in [6.07, 6.45) is 0. The minimum atomic E-state index is -2.10. The summed E-state index contributed by atoms with van der Waals surface area (Å²) in [5.41, 5.74) is 1.68.